The highest BCUT2D eigenvalue weighted by molar-refractivity contribution is 6.00. The Balaban J connectivity index is 1.61. The molecule has 7 nitrogen and oxygen atoms in total. The van der Waals surface area contributed by atoms with Gasteiger partial charge in [0.2, 0.25) is 11.8 Å². The van der Waals surface area contributed by atoms with Crippen molar-refractivity contribution in [1.82, 2.24) is 5.32 Å². The van der Waals surface area contributed by atoms with Crippen molar-refractivity contribution in [3.63, 3.8) is 0 Å². The maximum atomic E-state index is 13.2. The normalized spacial score (nSPS) is 13.4. The van der Waals surface area contributed by atoms with E-state index in [0.29, 0.717) is 30.1 Å². The monoisotopic (exact) mass is 385 g/mol. The zero-order valence-electron chi connectivity index (χ0n) is 15.3. The third kappa shape index (κ3) is 4.46. The number of carbonyl (C=O) groups is 3. The first-order chi connectivity index (χ1) is 13.5. The summed E-state index contributed by atoms with van der Waals surface area (Å²) in [6.45, 7) is 0.358. The van der Waals surface area contributed by atoms with Gasteiger partial charge in [-0.3, -0.25) is 14.4 Å². The van der Waals surface area contributed by atoms with Crippen LogP contribution < -0.4 is 20.3 Å². The molecule has 1 saturated heterocycles. The number of carbonyl (C=O) groups excluding carboxylic acids is 3. The van der Waals surface area contributed by atoms with E-state index in [1.165, 1.54) is 25.3 Å². The molecule has 1 heterocycles. The van der Waals surface area contributed by atoms with Crippen LogP contribution in [0.5, 0.6) is 5.75 Å². The van der Waals surface area contributed by atoms with Crippen LogP contribution in [0.2, 0.25) is 0 Å². The summed E-state index contributed by atoms with van der Waals surface area (Å²) in [6, 6.07) is 10.2. The van der Waals surface area contributed by atoms with E-state index in [4.69, 9.17) is 4.74 Å². The van der Waals surface area contributed by atoms with Crippen molar-refractivity contribution in [1.29, 1.82) is 0 Å². The van der Waals surface area contributed by atoms with E-state index in [-0.39, 0.29) is 18.0 Å². The first-order valence-corrected chi connectivity index (χ1v) is 8.80. The van der Waals surface area contributed by atoms with Gasteiger partial charge < -0.3 is 20.3 Å². The van der Waals surface area contributed by atoms with Crippen molar-refractivity contribution < 1.29 is 23.5 Å². The van der Waals surface area contributed by atoms with Crippen LogP contribution in [-0.4, -0.2) is 37.9 Å². The number of nitrogens with one attached hydrogen (secondary N) is 2. The predicted octanol–water partition coefficient (Wildman–Crippen LogP) is 2.33. The van der Waals surface area contributed by atoms with Crippen molar-refractivity contribution in [2.24, 2.45) is 0 Å². The van der Waals surface area contributed by atoms with Gasteiger partial charge in [0, 0.05) is 30.3 Å². The number of amides is 3. The molecule has 3 rings (SSSR count). The lowest BCUT2D eigenvalue weighted by Crippen LogP contribution is -2.32. The third-order valence-electron chi connectivity index (χ3n) is 4.32. The van der Waals surface area contributed by atoms with Gasteiger partial charge in [-0.15, -0.1) is 0 Å². The molecule has 0 atom stereocenters. The zero-order chi connectivity index (χ0) is 20.1. The number of methoxy groups -OCH3 is 1. The van der Waals surface area contributed by atoms with Crippen LogP contribution in [0.15, 0.2) is 42.5 Å². The summed E-state index contributed by atoms with van der Waals surface area (Å²) in [5, 5.41) is 5.09. The molecule has 28 heavy (non-hydrogen) atoms. The average molecular weight is 385 g/mol. The molecule has 146 valence electrons. The molecule has 2 N–H and O–H groups in total. The molecule has 2 aromatic rings. The van der Waals surface area contributed by atoms with Crippen molar-refractivity contribution in [3.05, 3.63) is 53.8 Å². The fourth-order valence-electron chi connectivity index (χ4n) is 2.98. The van der Waals surface area contributed by atoms with E-state index >= 15 is 0 Å². The lowest BCUT2D eigenvalue weighted by Gasteiger charge is -2.19. The Labute approximate surface area is 161 Å². The molecule has 0 radical (unpaired) electrons. The molecule has 3 amide bonds. The second kappa shape index (κ2) is 8.51. The molecule has 0 unspecified atom stereocenters. The van der Waals surface area contributed by atoms with Crippen LogP contribution in [0.3, 0.4) is 0 Å². The van der Waals surface area contributed by atoms with Gasteiger partial charge in [0.05, 0.1) is 19.3 Å². The van der Waals surface area contributed by atoms with Crippen LogP contribution in [0.4, 0.5) is 15.8 Å². The SMILES string of the molecule is COc1cc(NC(=O)CNC(=O)c2cccc(F)c2)ccc1N1CCCC1=O. The van der Waals surface area contributed by atoms with Gasteiger partial charge in [-0.2, -0.15) is 0 Å². The quantitative estimate of drug-likeness (QED) is 0.799. The number of anilines is 2. The van der Waals surface area contributed by atoms with Crippen LogP contribution in [0, 0.1) is 5.82 Å². The molecule has 8 heteroatoms. The summed E-state index contributed by atoms with van der Waals surface area (Å²) in [7, 11) is 1.49. The van der Waals surface area contributed by atoms with Crippen LogP contribution >= 0.6 is 0 Å². The average Bonchev–Trinajstić information content (AvgIpc) is 3.11. The number of nitrogens with zero attached hydrogens (tertiary/aromatic N) is 1. The number of ether oxygens (including phenoxy) is 1. The van der Waals surface area contributed by atoms with Crippen LogP contribution in [0.25, 0.3) is 0 Å². The van der Waals surface area contributed by atoms with E-state index < -0.39 is 17.6 Å². The second-order valence-corrected chi connectivity index (χ2v) is 6.28. The fraction of sp³-hybridized carbons (Fsp3) is 0.250. The molecular weight excluding hydrogens is 365 g/mol. The Hall–Kier alpha value is -3.42. The molecule has 0 aromatic heterocycles. The van der Waals surface area contributed by atoms with E-state index in [9.17, 15) is 18.8 Å². The highest BCUT2D eigenvalue weighted by Gasteiger charge is 2.24. The highest BCUT2D eigenvalue weighted by Crippen LogP contribution is 2.33. The smallest absolute Gasteiger partial charge is 0.251 e. The molecule has 0 aliphatic carbocycles. The topological polar surface area (TPSA) is 87.7 Å². The number of hydrogen-bond donors (Lipinski definition) is 2. The van der Waals surface area contributed by atoms with E-state index in [1.54, 1.807) is 23.1 Å². The Morgan fingerprint density at radius 3 is 2.71 bits per heavy atom. The summed E-state index contributed by atoms with van der Waals surface area (Å²) < 4.78 is 18.5. The molecular formula is C20H20FN3O4. The van der Waals surface area contributed by atoms with Gasteiger partial charge in [0.25, 0.3) is 5.91 Å². The third-order valence-corrected chi connectivity index (χ3v) is 4.32. The minimum absolute atomic E-state index is 0.0372. The Morgan fingerprint density at radius 1 is 1.21 bits per heavy atom. The van der Waals surface area contributed by atoms with Crippen LogP contribution in [0.1, 0.15) is 23.2 Å². The number of benzene rings is 2. The minimum Gasteiger partial charge on any atom is -0.494 e. The molecule has 1 aliphatic rings. The first-order valence-electron chi connectivity index (χ1n) is 8.80. The lowest BCUT2D eigenvalue weighted by atomic mass is 10.2. The lowest BCUT2D eigenvalue weighted by molar-refractivity contribution is -0.117. The summed E-state index contributed by atoms with van der Waals surface area (Å²) in [4.78, 5) is 37.7. The number of hydrogen-bond acceptors (Lipinski definition) is 4. The fourth-order valence-corrected chi connectivity index (χ4v) is 2.98. The van der Waals surface area contributed by atoms with Crippen molar-refractivity contribution in [3.8, 4) is 5.75 Å². The maximum Gasteiger partial charge on any atom is 0.251 e. The summed E-state index contributed by atoms with van der Waals surface area (Å²) in [5.41, 5.74) is 1.26. The zero-order valence-corrected chi connectivity index (χ0v) is 15.3. The molecule has 0 spiro atoms. The molecule has 0 bridgehead atoms. The Kier molecular flexibility index (Phi) is 5.88. The molecule has 0 saturated carbocycles. The van der Waals surface area contributed by atoms with E-state index in [0.717, 1.165) is 12.5 Å². The number of halogens is 1. The largest absolute Gasteiger partial charge is 0.494 e. The van der Waals surface area contributed by atoms with Gasteiger partial charge in [-0.1, -0.05) is 6.07 Å². The number of rotatable bonds is 6. The van der Waals surface area contributed by atoms with Gasteiger partial charge in [-0.05, 0) is 36.8 Å². The summed E-state index contributed by atoms with van der Waals surface area (Å²) in [6.07, 6.45) is 1.30. The van der Waals surface area contributed by atoms with Crippen LogP contribution in [-0.2, 0) is 9.59 Å². The van der Waals surface area contributed by atoms with Gasteiger partial charge in [0.15, 0.2) is 0 Å². The highest BCUT2D eigenvalue weighted by atomic mass is 19.1. The van der Waals surface area contributed by atoms with Crippen molar-refractivity contribution in [2.45, 2.75) is 12.8 Å². The van der Waals surface area contributed by atoms with Gasteiger partial charge >= 0.3 is 0 Å². The Morgan fingerprint density at radius 2 is 2.04 bits per heavy atom. The van der Waals surface area contributed by atoms with Gasteiger partial charge in [0.1, 0.15) is 11.6 Å². The molecule has 1 fully saturated rings. The van der Waals surface area contributed by atoms with Gasteiger partial charge in [-0.25, -0.2) is 4.39 Å². The minimum atomic E-state index is -0.546. The Bertz CT molecular complexity index is 916. The van der Waals surface area contributed by atoms with Crippen molar-refractivity contribution in [2.75, 3.05) is 30.4 Å². The van der Waals surface area contributed by atoms with Crippen molar-refractivity contribution >= 4 is 29.1 Å². The predicted molar refractivity (Wildman–Crippen MR) is 102 cm³/mol. The summed E-state index contributed by atoms with van der Waals surface area (Å²) >= 11 is 0. The van der Waals surface area contributed by atoms with E-state index in [2.05, 4.69) is 10.6 Å². The molecule has 2 aromatic carbocycles. The second-order valence-electron chi connectivity index (χ2n) is 6.28. The summed E-state index contributed by atoms with van der Waals surface area (Å²) in [5.74, 6) is -1.01. The first kappa shape index (κ1) is 19.3. The standard InChI is InChI=1S/C20H20FN3O4/c1-28-17-11-15(7-8-16(17)24-9-3-6-19(24)26)23-18(25)12-22-20(27)13-4-2-5-14(21)10-13/h2,4-5,7-8,10-11H,3,6,9,12H2,1H3,(H,22,27)(H,23,25). The molecule has 1 aliphatic heterocycles. The van der Waals surface area contributed by atoms with E-state index in [1.807, 2.05) is 0 Å². The maximum absolute atomic E-state index is 13.2.